The Morgan fingerprint density at radius 1 is 1.38 bits per heavy atom. The van der Waals surface area contributed by atoms with E-state index >= 15 is 0 Å². The fraction of sp³-hybridized carbons (Fsp3) is 0.375. The summed E-state index contributed by atoms with van der Waals surface area (Å²) in [6.07, 6.45) is 5.80. The highest BCUT2D eigenvalue weighted by molar-refractivity contribution is 5.24. The summed E-state index contributed by atoms with van der Waals surface area (Å²) >= 11 is 0. The Balaban J connectivity index is 2.16. The van der Waals surface area contributed by atoms with Crippen molar-refractivity contribution in [1.29, 1.82) is 0 Å². The van der Waals surface area contributed by atoms with Crippen molar-refractivity contribution in [2.24, 2.45) is 11.3 Å². The fourth-order valence-electron chi connectivity index (χ4n) is 2.56. The third-order valence-corrected chi connectivity index (χ3v) is 3.81. The molecule has 1 aliphatic carbocycles. The largest absolute Gasteiger partial charge is 0.103 e. The van der Waals surface area contributed by atoms with E-state index in [2.05, 4.69) is 56.5 Å². The van der Waals surface area contributed by atoms with E-state index in [0.717, 1.165) is 6.42 Å². The van der Waals surface area contributed by atoms with E-state index in [1.54, 1.807) is 0 Å². The summed E-state index contributed by atoms with van der Waals surface area (Å²) < 4.78 is 0. The van der Waals surface area contributed by atoms with Gasteiger partial charge in [0.05, 0.1) is 0 Å². The third kappa shape index (κ3) is 2.11. The van der Waals surface area contributed by atoms with Crippen LogP contribution in [0.1, 0.15) is 25.3 Å². The smallest absolute Gasteiger partial charge is 0.00519 e. The molecular weight excluding hydrogens is 192 g/mol. The summed E-state index contributed by atoms with van der Waals surface area (Å²) in [6.45, 7) is 10.3. The Labute approximate surface area is 98.7 Å². The van der Waals surface area contributed by atoms with Crippen molar-refractivity contribution in [2.45, 2.75) is 26.2 Å². The van der Waals surface area contributed by atoms with E-state index in [1.807, 2.05) is 0 Å². The molecule has 0 nitrogen and oxygen atoms in total. The van der Waals surface area contributed by atoms with Gasteiger partial charge >= 0.3 is 0 Å². The molecule has 1 atom stereocenters. The molecule has 2 rings (SSSR count). The minimum Gasteiger partial charge on any atom is -0.103 e. The molecule has 0 saturated heterocycles. The van der Waals surface area contributed by atoms with E-state index in [1.165, 1.54) is 24.0 Å². The van der Waals surface area contributed by atoms with Crippen LogP contribution in [0.3, 0.4) is 0 Å². The molecule has 1 aliphatic rings. The zero-order chi connectivity index (χ0) is 11.6. The summed E-state index contributed by atoms with van der Waals surface area (Å²) in [5, 5.41) is 0. The van der Waals surface area contributed by atoms with Crippen molar-refractivity contribution < 1.29 is 0 Å². The maximum absolute atomic E-state index is 4.16. The molecule has 1 fully saturated rings. The first-order chi connectivity index (χ1) is 7.68. The van der Waals surface area contributed by atoms with E-state index in [4.69, 9.17) is 0 Å². The van der Waals surface area contributed by atoms with Crippen LogP contribution in [-0.2, 0) is 6.42 Å². The van der Waals surface area contributed by atoms with Crippen molar-refractivity contribution in [2.75, 3.05) is 0 Å². The van der Waals surface area contributed by atoms with Crippen molar-refractivity contribution >= 4 is 0 Å². The predicted molar refractivity (Wildman–Crippen MR) is 70.3 cm³/mol. The summed E-state index contributed by atoms with van der Waals surface area (Å²) in [4.78, 5) is 0. The molecule has 0 heteroatoms. The molecule has 0 amide bonds. The van der Waals surface area contributed by atoms with Gasteiger partial charge in [0.2, 0.25) is 0 Å². The zero-order valence-corrected chi connectivity index (χ0v) is 10.1. The van der Waals surface area contributed by atoms with Gasteiger partial charge in [0.15, 0.2) is 0 Å². The summed E-state index contributed by atoms with van der Waals surface area (Å²) in [5.74, 6) is 0.562. The highest BCUT2D eigenvalue weighted by Gasteiger charge is 2.46. The Morgan fingerprint density at radius 2 is 2.00 bits per heavy atom. The molecule has 0 N–H and O–H groups in total. The van der Waals surface area contributed by atoms with Crippen LogP contribution < -0.4 is 0 Å². The van der Waals surface area contributed by atoms with Crippen LogP contribution >= 0.6 is 0 Å². The van der Waals surface area contributed by atoms with Gasteiger partial charge in [-0.3, -0.25) is 0 Å². The minimum atomic E-state index is 0.349. The Bertz CT molecular complexity index is 382. The van der Waals surface area contributed by atoms with Crippen LogP contribution in [0.15, 0.2) is 55.1 Å². The first kappa shape index (κ1) is 11.2. The molecule has 0 bridgehead atoms. The number of allylic oxidation sites excluding steroid dienone is 2. The second kappa shape index (κ2) is 4.29. The zero-order valence-electron chi connectivity index (χ0n) is 10.1. The maximum atomic E-state index is 4.16. The molecule has 0 radical (unpaired) electrons. The van der Waals surface area contributed by atoms with Gasteiger partial charge in [0.25, 0.3) is 0 Å². The lowest BCUT2D eigenvalue weighted by atomic mass is 9.80. The van der Waals surface area contributed by atoms with E-state index in [0.29, 0.717) is 11.3 Å². The molecule has 16 heavy (non-hydrogen) atoms. The Morgan fingerprint density at radius 3 is 2.44 bits per heavy atom. The topological polar surface area (TPSA) is 0 Å². The van der Waals surface area contributed by atoms with E-state index in [9.17, 15) is 0 Å². The Kier molecular flexibility index (Phi) is 3.00. The average molecular weight is 212 g/mol. The summed E-state index contributed by atoms with van der Waals surface area (Å²) in [6, 6.07) is 10.7. The lowest BCUT2D eigenvalue weighted by Gasteiger charge is -2.24. The van der Waals surface area contributed by atoms with Gasteiger partial charge in [0.1, 0.15) is 0 Å². The van der Waals surface area contributed by atoms with Crippen LogP contribution in [0.4, 0.5) is 0 Å². The molecule has 0 spiro atoms. The maximum Gasteiger partial charge on any atom is -0.00519 e. The molecule has 0 aromatic heterocycles. The van der Waals surface area contributed by atoms with Crippen LogP contribution in [0.25, 0.3) is 0 Å². The van der Waals surface area contributed by atoms with Crippen molar-refractivity contribution in [3.05, 3.63) is 60.7 Å². The SMILES string of the molecule is C=CC1(C(Cc2ccccc2)C(=C)C)CC1. The second-order valence-corrected chi connectivity index (χ2v) is 5.03. The predicted octanol–water partition coefficient (Wildman–Crippen LogP) is 4.39. The van der Waals surface area contributed by atoms with Gasteiger partial charge < -0.3 is 0 Å². The molecule has 0 aliphatic heterocycles. The second-order valence-electron chi connectivity index (χ2n) is 5.03. The highest BCUT2D eigenvalue weighted by Crippen LogP contribution is 2.56. The Hall–Kier alpha value is -1.30. The summed E-state index contributed by atoms with van der Waals surface area (Å²) in [7, 11) is 0. The van der Waals surface area contributed by atoms with Crippen LogP contribution in [-0.4, -0.2) is 0 Å². The number of benzene rings is 1. The standard InChI is InChI=1S/C16H20/c1-4-16(10-11-16)15(13(2)3)12-14-8-6-5-7-9-14/h4-9,15H,1-2,10-12H2,3H3. The van der Waals surface area contributed by atoms with Crippen molar-refractivity contribution in [1.82, 2.24) is 0 Å². The van der Waals surface area contributed by atoms with E-state index in [-0.39, 0.29) is 0 Å². The number of rotatable bonds is 5. The van der Waals surface area contributed by atoms with E-state index < -0.39 is 0 Å². The first-order valence-corrected chi connectivity index (χ1v) is 6.01. The normalized spacial score (nSPS) is 18.8. The van der Waals surface area contributed by atoms with Gasteiger partial charge in [-0.05, 0) is 43.1 Å². The monoisotopic (exact) mass is 212 g/mol. The molecule has 1 aromatic rings. The minimum absolute atomic E-state index is 0.349. The lowest BCUT2D eigenvalue weighted by molar-refractivity contribution is 0.432. The number of hydrogen-bond donors (Lipinski definition) is 0. The highest BCUT2D eigenvalue weighted by atomic mass is 14.5. The molecule has 1 saturated carbocycles. The molecule has 1 aromatic carbocycles. The third-order valence-electron chi connectivity index (χ3n) is 3.81. The molecule has 0 heterocycles. The number of hydrogen-bond acceptors (Lipinski definition) is 0. The van der Waals surface area contributed by atoms with Gasteiger partial charge in [0, 0.05) is 0 Å². The van der Waals surface area contributed by atoms with Gasteiger partial charge in [-0.2, -0.15) is 0 Å². The molecule has 84 valence electrons. The van der Waals surface area contributed by atoms with Crippen LogP contribution in [0.5, 0.6) is 0 Å². The van der Waals surface area contributed by atoms with Crippen LogP contribution in [0.2, 0.25) is 0 Å². The lowest BCUT2D eigenvalue weighted by Crippen LogP contribution is -2.17. The summed E-state index contributed by atoms with van der Waals surface area (Å²) in [5.41, 5.74) is 3.05. The van der Waals surface area contributed by atoms with Crippen LogP contribution in [0, 0.1) is 11.3 Å². The molecular formula is C16H20. The van der Waals surface area contributed by atoms with Crippen molar-refractivity contribution in [3.63, 3.8) is 0 Å². The molecule has 1 unspecified atom stereocenters. The quantitative estimate of drug-likeness (QED) is 0.635. The average Bonchev–Trinajstić information content (AvgIpc) is 3.08. The fourth-order valence-corrected chi connectivity index (χ4v) is 2.56. The first-order valence-electron chi connectivity index (χ1n) is 6.01. The van der Waals surface area contributed by atoms with Gasteiger partial charge in [-0.25, -0.2) is 0 Å². The van der Waals surface area contributed by atoms with Crippen molar-refractivity contribution in [3.8, 4) is 0 Å². The van der Waals surface area contributed by atoms with Gasteiger partial charge in [-0.15, -0.1) is 6.58 Å². The van der Waals surface area contributed by atoms with Gasteiger partial charge in [-0.1, -0.05) is 48.6 Å².